The molecule has 1 amide bonds. The molecular weight excluding hydrogens is 478 g/mol. The molecule has 0 radical (unpaired) electrons. The minimum absolute atomic E-state index is 0.0610. The molecule has 2 N–H and O–H groups in total. The molecule has 1 aliphatic heterocycles. The molecule has 1 aliphatic rings. The van der Waals surface area contributed by atoms with E-state index in [4.69, 9.17) is 5.26 Å². The molecule has 33 heavy (non-hydrogen) atoms. The number of rotatable bonds is 7. The van der Waals surface area contributed by atoms with Crippen LogP contribution in [0.5, 0.6) is 0 Å². The van der Waals surface area contributed by atoms with Crippen LogP contribution < -0.4 is 5.32 Å². The molecule has 6 nitrogen and oxygen atoms in total. The van der Waals surface area contributed by atoms with Gasteiger partial charge in [-0.1, -0.05) is 40.2 Å². The molecule has 2 heterocycles. The number of imidazole rings is 1. The molecule has 2 aromatic carbocycles. The Hall–Kier alpha value is -2.95. The first-order valence-electron chi connectivity index (χ1n) is 11.2. The van der Waals surface area contributed by atoms with Crippen molar-refractivity contribution in [2.24, 2.45) is 5.92 Å². The molecule has 3 aromatic rings. The summed E-state index contributed by atoms with van der Waals surface area (Å²) in [6.45, 7) is 4.61. The number of amides is 1. The highest BCUT2D eigenvalue weighted by Gasteiger charge is 2.34. The average molecular weight is 506 g/mol. The van der Waals surface area contributed by atoms with Gasteiger partial charge < -0.3 is 10.3 Å². The van der Waals surface area contributed by atoms with Gasteiger partial charge >= 0.3 is 0 Å². The number of piperidine rings is 1. The van der Waals surface area contributed by atoms with Crippen molar-refractivity contribution in [3.8, 4) is 6.07 Å². The number of aromatic nitrogens is 2. The van der Waals surface area contributed by atoms with Crippen LogP contribution >= 0.6 is 15.9 Å². The number of benzene rings is 2. The van der Waals surface area contributed by atoms with E-state index in [1.54, 1.807) is 12.5 Å². The average Bonchev–Trinajstić information content (AvgIpc) is 3.36. The lowest BCUT2D eigenvalue weighted by Gasteiger charge is -2.36. The molecule has 1 aromatic heterocycles. The maximum absolute atomic E-state index is 13.4. The first kappa shape index (κ1) is 23.2. The standard InChI is InChI=1S/C26H28BrN5O/c1-26(24-15-29-18-30-24,13-19-7-9-20(14-28)10-8-19)31-25(33)22-5-3-11-32(17-22)16-21-4-2-6-23(27)12-21/h2,4,6-10,12,15,18,22H,3,5,11,13,16-17H2,1H3,(H,29,30)(H,31,33)/t22-,26?/m0/s1. The molecule has 0 saturated carbocycles. The molecule has 170 valence electrons. The van der Waals surface area contributed by atoms with Crippen molar-refractivity contribution in [3.05, 3.63) is 87.9 Å². The van der Waals surface area contributed by atoms with Crippen molar-refractivity contribution < 1.29 is 4.79 Å². The van der Waals surface area contributed by atoms with Crippen molar-refractivity contribution in [2.45, 2.75) is 38.3 Å². The zero-order valence-electron chi connectivity index (χ0n) is 18.7. The van der Waals surface area contributed by atoms with Crippen LogP contribution in [0.15, 0.2) is 65.5 Å². The monoisotopic (exact) mass is 505 g/mol. The van der Waals surface area contributed by atoms with Gasteiger partial charge in [0.15, 0.2) is 0 Å². The summed E-state index contributed by atoms with van der Waals surface area (Å²) in [6, 6.07) is 18.0. The third-order valence-corrected chi connectivity index (χ3v) is 6.80. The van der Waals surface area contributed by atoms with E-state index < -0.39 is 5.54 Å². The van der Waals surface area contributed by atoms with E-state index in [0.717, 1.165) is 48.2 Å². The summed E-state index contributed by atoms with van der Waals surface area (Å²) in [5.41, 5.74) is 3.15. The van der Waals surface area contributed by atoms with E-state index >= 15 is 0 Å². The highest BCUT2D eigenvalue weighted by molar-refractivity contribution is 9.10. The van der Waals surface area contributed by atoms with Crippen molar-refractivity contribution in [2.75, 3.05) is 13.1 Å². The second-order valence-corrected chi connectivity index (χ2v) is 9.89. The maximum Gasteiger partial charge on any atom is 0.225 e. The Morgan fingerprint density at radius 2 is 2.12 bits per heavy atom. The van der Waals surface area contributed by atoms with Gasteiger partial charge in [0.1, 0.15) is 0 Å². The minimum Gasteiger partial charge on any atom is -0.347 e. The topological polar surface area (TPSA) is 84.8 Å². The van der Waals surface area contributed by atoms with E-state index in [-0.39, 0.29) is 11.8 Å². The number of nitrogens with one attached hydrogen (secondary N) is 2. The SMILES string of the molecule is CC(Cc1ccc(C#N)cc1)(NC(=O)[C@H]1CCCN(Cc2cccc(Br)c2)C1)c1cnc[nH]1. The summed E-state index contributed by atoms with van der Waals surface area (Å²) >= 11 is 3.54. The molecule has 2 atom stereocenters. The Kier molecular flexibility index (Phi) is 7.26. The first-order valence-corrected chi connectivity index (χ1v) is 12.0. The van der Waals surface area contributed by atoms with Gasteiger partial charge in [-0.15, -0.1) is 0 Å². The van der Waals surface area contributed by atoms with Crippen molar-refractivity contribution in [1.82, 2.24) is 20.2 Å². The molecule has 4 rings (SSSR count). The number of hydrogen-bond donors (Lipinski definition) is 2. The normalized spacial score (nSPS) is 18.3. The largest absolute Gasteiger partial charge is 0.347 e. The third-order valence-electron chi connectivity index (χ3n) is 6.30. The van der Waals surface area contributed by atoms with E-state index in [1.165, 1.54) is 5.56 Å². The lowest BCUT2D eigenvalue weighted by molar-refractivity contribution is -0.128. The fourth-order valence-electron chi connectivity index (χ4n) is 4.55. The number of aromatic amines is 1. The number of carbonyl (C=O) groups excluding carboxylic acids is 1. The van der Waals surface area contributed by atoms with Gasteiger partial charge in [0.2, 0.25) is 5.91 Å². The molecular formula is C26H28BrN5O. The Balaban J connectivity index is 1.46. The molecule has 1 saturated heterocycles. The molecule has 1 fully saturated rings. The van der Waals surface area contributed by atoms with Crippen LogP contribution in [0.3, 0.4) is 0 Å². The van der Waals surface area contributed by atoms with Crippen LogP contribution in [0, 0.1) is 17.2 Å². The van der Waals surface area contributed by atoms with Crippen LogP contribution in [0.4, 0.5) is 0 Å². The van der Waals surface area contributed by atoms with E-state index in [1.807, 2.05) is 43.3 Å². The predicted octanol–water partition coefficient (Wildman–Crippen LogP) is 4.53. The quantitative estimate of drug-likeness (QED) is 0.493. The Bertz CT molecular complexity index is 1120. The zero-order chi connectivity index (χ0) is 23.3. The Morgan fingerprint density at radius 1 is 1.30 bits per heavy atom. The lowest BCUT2D eigenvalue weighted by Crippen LogP contribution is -2.51. The second kappa shape index (κ2) is 10.3. The van der Waals surface area contributed by atoms with Crippen molar-refractivity contribution in [1.29, 1.82) is 5.26 Å². The summed E-state index contributed by atoms with van der Waals surface area (Å²) in [4.78, 5) is 23.2. The number of hydrogen-bond acceptors (Lipinski definition) is 4. The fourth-order valence-corrected chi connectivity index (χ4v) is 5.00. The van der Waals surface area contributed by atoms with Gasteiger partial charge in [0.05, 0.1) is 41.3 Å². The number of nitrogens with zero attached hydrogens (tertiary/aromatic N) is 3. The van der Waals surface area contributed by atoms with Gasteiger partial charge in [-0.05, 0) is 61.7 Å². The summed E-state index contributed by atoms with van der Waals surface area (Å²) in [5, 5.41) is 12.4. The van der Waals surface area contributed by atoms with E-state index in [9.17, 15) is 4.79 Å². The van der Waals surface area contributed by atoms with Crippen LogP contribution in [0.2, 0.25) is 0 Å². The second-order valence-electron chi connectivity index (χ2n) is 8.98. The van der Waals surface area contributed by atoms with Gasteiger partial charge in [-0.2, -0.15) is 5.26 Å². The summed E-state index contributed by atoms with van der Waals surface area (Å²) < 4.78 is 1.07. The first-order chi connectivity index (χ1) is 15.9. The number of likely N-dealkylation sites (tertiary alicyclic amines) is 1. The minimum atomic E-state index is -0.631. The number of nitriles is 1. The summed E-state index contributed by atoms with van der Waals surface area (Å²) in [6.07, 6.45) is 5.89. The maximum atomic E-state index is 13.4. The Morgan fingerprint density at radius 3 is 2.82 bits per heavy atom. The molecule has 7 heteroatoms. The van der Waals surface area contributed by atoms with Crippen molar-refractivity contribution in [3.63, 3.8) is 0 Å². The van der Waals surface area contributed by atoms with Gasteiger partial charge in [-0.25, -0.2) is 4.98 Å². The lowest BCUT2D eigenvalue weighted by atomic mass is 9.87. The molecule has 0 spiro atoms. The fraction of sp³-hybridized carbons (Fsp3) is 0.346. The predicted molar refractivity (Wildman–Crippen MR) is 131 cm³/mol. The smallest absolute Gasteiger partial charge is 0.225 e. The number of halogens is 1. The van der Waals surface area contributed by atoms with E-state index in [2.05, 4.69) is 54.3 Å². The molecule has 1 unspecified atom stereocenters. The van der Waals surface area contributed by atoms with E-state index in [0.29, 0.717) is 12.0 Å². The molecule has 0 aliphatic carbocycles. The summed E-state index contributed by atoms with van der Waals surface area (Å²) in [5.74, 6) is 0.00815. The van der Waals surface area contributed by atoms with Crippen LogP contribution in [0.25, 0.3) is 0 Å². The van der Waals surface area contributed by atoms with Gasteiger partial charge in [0, 0.05) is 24.0 Å². The van der Waals surface area contributed by atoms with Gasteiger partial charge in [-0.3, -0.25) is 9.69 Å². The number of carbonyl (C=O) groups is 1. The van der Waals surface area contributed by atoms with Crippen LogP contribution in [-0.2, 0) is 23.3 Å². The summed E-state index contributed by atoms with van der Waals surface area (Å²) in [7, 11) is 0. The zero-order valence-corrected chi connectivity index (χ0v) is 20.3. The highest BCUT2D eigenvalue weighted by atomic mass is 79.9. The Labute approximate surface area is 203 Å². The van der Waals surface area contributed by atoms with Gasteiger partial charge in [0.25, 0.3) is 0 Å². The molecule has 0 bridgehead atoms. The van der Waals surface area contributed by atoms with Crippen LogP contribution in [-0.4, -0.2) is 33.9 Å². The van der Waals surface area contributed by atoms with Crippen molar-refractivity contribution >= 4 is 21.8 Å². The number of H-pyrrole nitrogens is 1. The van der Waals surface area contributed by atoms with Crippen LogP contribution in [0.1, 0.15) is 42.1 Å². The highest BCUT2D eigenvalue weighted by Crippen LogP contribution is 2.27. The third kappa shape index (κ3) is 5.89.